The van der Waals surface area contributed by atoms with E-state index in [0.717, 1.165) is 16.5 Å². The number of rotatable bonds is 2. The SMILES string of the molecule is Cc1ccc([C@H]2OC3(C(=O)c4ccccc4C3=O)[C@H]3C(=O)N(c4cccc(F)c4)C(=O)[C@H]23)cc1. The summed E-state index contributed by atoms with van der Waals surface area (Å²) in [5.41, 5.74) is -0.198. The minimum absolute atomic E-state index is 0.0533. The number of Topliss-reactive ketones (excluding diaryl/α,β-unsaturated/α-hetero) is 2. The van der Waals surface area contributed by atoms with Crippen LogP contribution >= 0.6 is 0 Å². The van der Waals surface area contributed by atoms with Gasteiger partial charge in [0.2, 0.25) is 29.0 Å². The first kappa shape index (κ1) is 20.6. The summed E-state index contributed by atoms with van der Waals surface area (Å²) in [5, 5.41) is 0. The number of ether oxygens (including phenoxy) is 1. The number of hydrogen-bond donors (Lipinski definition) is 0. The van der Waals surface area contributed by atoms with Gasteiger partial charge < -0.3 is 4.74 Å². The fourth-order valence-electron chi connectivity index (χ4n) is 5.44. The van der Waals surface area contributed by atoms with Gasteiger partial charge in [0.05, 0.1) is 23.6 Å². The lowest BCUT2D eigenvalue weighted by Gasteiger charge is -2.27. The van der Waals surface area contributed by atoms with E-state index in [2.05, 4.69) is 0 Å². The lowest BCUT2D eigenvalue weighted by Crippen LogP contribution is -2.51. The second kappa shape index (κ2) is 7.01. The van der Waals surface area contributed by atoms with Crippen molar-refractivity contribution in [2.45, 2.75) is 18.6 Å². The van der Waals surface area contributed by atoms with Crippen LogP contribution in [-0.4, -0.2) is 29.0 Å². The largest absolute Gasteiger partial charge is 0.349 e. The van der Waals surface area contributed by atoms with Crippen molar-refractivity contribution in [3.63, 3.8) is 0 Å². The summed E-state index contributed by atoms with van der Waals surface area (Å²) in [6.45, 7) is 1.90. The summed E-state index contributed by atoms with van der Waals surface area (Å²) < 4.78 is 20.2. The summed E-state index contributed by atoms with van der Waals surface area (Å²) in [5.74, 6) is -5.71. The van der Waals surface area contributed by atoms with Crippen LogP contribution in [-0.2, 0) is 14.3 Å². The van der Waals surface area contributed by atoms with Crippen LogP contribution in [0.15, 0.2) is 72.8 Å². The van der Waals surface area contributed by atoms with Crippen LogP contribution in [0, 0.1) is 24.6 Å². The molecule has 1 aliphatic carbocycles. The van der Waals surface area contributed by atoms with Crippen LogP contribution in [0.25, 0.3) is 0 Å². The maximum Gasteiger partial charge on any atom is 0.241 e. The van der Waals surface area contributed by atoms with Gasteiger partial charge in [0.1, 0.15) is 5.82 Å². The Morgan fingerprint density at radius 3 is 2.09 bits per heavy atom. The molecule has 2 aliphatic heterocycles. The molecule has 2 amide bonds. The van der Waals surface area contributed by atoms with E-state index in [-0.39, 0.29) is 16.8 Å². The molecular weight excluding hydrogens is 437 g/mol. The van der Waals surface area contributed by atoms with E-state index < -0.39 is 52.7 Å². The zero-order valence-electron chi connectivity index (χ0n) is 18.0. The van der Waals surface area contributed by atoms with Gasteiger partial charge in [0.15, 0.2) is 0 Å². The third-order valence-corrected chi connectivity index (χ3v) is 6.99. The van der Waals surface area contributed by atoms with Gasteiger partial charge in [-0.2, -0.15) is 0 Å². The lowest BCUT2D eigenvalue weighted by atomic mass is 9.77. The fraction of sp³-hybridized carbons (Fsp3) is 0.185. The molecule has 6 nitrogen and oxygen atoms in total. The molecule has 6 rings (SSSR count). The molecule has 3 aromatic carbocycles. The van der Waals surface area contributed by atoms with E-state index in [1.807, 2.05) is 19.1 Å². The number of halogens is 1. The summed E-state index contributed by atoms with van der Waals surface area (Å²) >= 11 is 0. The maximum absolute atomic E-state index is 14.0. The molecule has 0 unspecified atom stereocenters. The summed E-state index contributed by atoms with van der Waals surface area (Å²) in [4.78, 5) is 55.6. The van der Waals surface area contributed by atoms with Gasteiger partial charge in [-0.05, 0) is 30.7 Å². The van der Waals surface area contributed by atoms with Gasteiger partial charge in [-0.25, -0.2) is 9.29 Å². The van der Waals surface area contributed by atoms with Crippen LogP contribution in [0.1, 0.15) is 37.9 Å². The van der Waals surface area contributed by atoms with Gasteiger partial charge in [0, 0.05) is 11.1 Å². The number of fused-ring (bicyclic) bond motifs is 3. The number of carbonyl (C=O) groups excluding carboxylic acids is 4. The molecule has 168 valence electrons. The molecule has 2 saturated heterocycles. The number of aryl methyl sites for hydroxylation is 1. The molecule has 34 heavy (non-hydrogen) atoms. The molecule has 0 aromatic heterocycles. The molecule has 0 bridgehead atoms. The fourth-order valence-corrected chi connectivity index (χ4v) is 5.44. The molecule has 3 aliphatic rings. The van der Waals surface area contributed by atoms with Gasteiger partial charge in [-0.3, -0.25) is 19.2 Å². The predicted octanol–water partition coefficient (Wildman–Crippen LogP) is 3.83. The third kappa shape index (κ3) is 2.53. The van der Waals surface area contributed by atoms with Crippen LogP contribution in [0.5, 0.6) is 0 Å². The zero-order chi connectivity index (χ0) is 23.8. The van der Waals surface area contributed by atoms with Crippen LogP contribution < -0.4 is 4.90 Å². The summed E-state index contributed by atoms with van der Waals surface area (Å²) in [6, 6.07) is 18.6. The highest BCUT2D eigenvalue weighted by atomic mass is 19.1. The topological polar surface area (TPSA) is 80.8 Å². The molecule has 3 aromatic rings. The Bertz CT molecular complexity index is 1380. The molecular formula is C27H18FNO5. The van der Waals surface area contributed by atoms with Gasteiger partial charge in [-0.1, -0.05) is 60.2 Å². The van der Waals surface area contributed by atoms with E-state index in [1.165, 1.54) is 30.3 Å². The molecule has 3 atom stereocenters. The first-order valence-electron chi connectivity index (χ1n) is 10.9. The maximum atomic E-state index is 14.0. The molecule has 2 fully saturated rings. The number of nitrogens with zero attached hydrogens (tertiary/aromatic N) is 1. The second-order valence-electron chi connectivity index (χ2n) is 8.88. The normalized spacial score (nSPS) is 24.8. The average Bonchev–Trinajstić information content (AvgIpc) is 3.40. The number of hydrogen-bond acceptors (Lipinski definition) is 5. The summed E-state index contributed by atoms with van der Waals surface area (Å²) in [7, 11) is 0. The van der Waals surface area contributed by atoms with E-state index in [4.69, 9.17) is 4.74 Å². The van der Waals surface area contributed by atoms with Crippen LogP contribution in [0.3, 0.4) is 0 Å². The Morgan fingerprint density at radius 1 is 0.824 bits per heavy atom. The van der Waals surface area contributed by atoms with Crippen LogP contribution in [0.4, 0.5) is 10.1 Å². The Morgan fingerprint density at radius 2 is 1.47 bits per heavy atom. The van der Waals surface area contributed by atoms with Crippen LogP contribution in [0.2, 0.25) is 0 Å². The minimum Gasteiger partial charge on any atom is -0.349 e. The third-order valence-electron chi connectivity index (χ3n) is 6.99. The molecule has 2 heterocycles. The van der Waals surface area contributed by atoms with Crippen molar-refractivity contribution in [3.05, 3.63) is 101 Å². The van der Waals surface area contributed by atoms with E-state index in [9.17, 15) is 23.6 Å². The van der Waals surface area contributed by atoms with E-state index >= 15 is 0 Å². The van der Waals surface area contributed by atoms with Gasteiger partial charge in [0.25, 0.3) is 0 Å². The van der Waals surface area contributed by atoms with Crippen molar-refractivity contribution in [1.82, 2.24) is 0 Å². The van der Waals surface area contributed by atoms with Gasteiger partial charge in [-0.15, -0.1) is 0 Å². The van der Waals surface area contributed by atoms with Crippen molar-refractivity contribution in [3.8, 4) is 0 Å². The number of ketones is 2. The molecule has 1 spiro atoms. The van der Waals surface area contributed by atoms with E-state index in [0.29, 0.717) is 5.56 Å². The molecule has 0 saturated carbocycles. The molecule has 0 N–H and O–H groups in total. The standard InChI is InChI=1S/C27H18FNO5/c1-14-9-11-15(12-10-14)22-20-21(26(33)29(25(20)32)17-6-4-5-16(28)13-17)27(34-22)23(30)18-7-2-3-8-19(18)24(27)31/h2-13,20-22H,1H3/t20-,21+,22+/m0/s1. The Labute approximate surface area is 193 Å². The van der Waals surface area contributed by atoms with E-state index in [1.54, 1.807) is 24.3 Å². The Kier molecular flexibility index (Phi) is 4.25. The summed E-state index contributed by atoms with van der Waals surface area (Å²) in [6.07, 6.45) is -0.997. The Hall–Kier alpha value is -3.97. The first-order valence-corrected chi connectivity index (χ1v) is 10.9. The molecule has 0 radical (unpaired) electrons. The smallest absolute Gasteiger partial charge is 0.241 e. The van der Waals surface area contributed by atoms with Gasteiger partial charge >= 0.3 is 0 Å². The number of carbonyl (C=O) groups is 4. The predicted molar refractivity (Wildman–Crippen MR) is 119 cm³/mol. The van der Waals surface area contributed by atoms with Crippen molar-refractivity contribution in [2.75, 3.05) is 4.90 Å². The number of anilines is 1. The van der Waals surface area contributed by atoms with Crippen molar-refractivity contribution < 1.29 is 28.3 Å². The second-order valence-corrected chi connectivity index (χ2v) is 8.88. The highest BCUT2D eigenvalue weighted by Gasteiger charge is 2.74. The Balaban J connectivity index is 1.55. The number of amides is 2. The van der Waals surface area contributed by atoms with Crippen molar-refractivity contribution in [2.24, 2.45) is 11.8 Å². The lowest BCUT2D eigenvalue weighted by molar-refractivity contribution is -0.127. The highest BCUT2D eigenvalue weighted by Crippen LogP contribution is 2.57. The minimum atomic E-state index is -2.14. The number of benzene rings is 3. The number of imide groups is 1. The van der Waals surface area contributed by atoms with Crippen molar-refractivity contribution in [1.29, 1.82) is 0 Å². The highest BCUT2D eigenvalue weighted by molar-refractivity contribution is 6.37. The monoisotopic (exact) mass is 455 g/mol. The quantitative estimate of drug-likeness (QED) is 0.433. The zero-order valence-corrected chi connectivity index (χ0v) is 18.0. The first-order chi connectivity index (χ1) is 16.3. The average molecular weight is 455 g/mol. The molecule has 7 heteroatoms. The van der Waals surface area contributed by atoms with Crippen molar-refractivity contribution >= 4 is 29.1 Å².